The maximum Gasteiger partial charge on any atom is 0.250 e. The second-order valence-corrected chi connectivity index (χ2v) is 8.79. The Morgan fingerprint density at radius 2 is 2.09 bits per heavy atom. The van der Waals surface area contributed by atoms with Crippen LogP contribution in [0.2, 0.25) is 4.34 Å². The van der Waals surface area contributed by atoms with Crippen molar-refractivity contribution in [2.45, 2.75) is 35.9 Å². The van der Waals surface area contributed by atoms with Crippen LogP contribution in [0.5, 0.6) is 0 Å². The Balaban J connectivity index is 1.73. The third-order valence-corrected chi connectivity index (χ3v) is 6.63. The van der Waals surface area contributed by atoms with E-state index in [-0.39, 0.29) is 10.8 Å². The third kappa shape index (κ3) is 5.12. The Morgan fingerprint density at radius 1 is 1.36 bits per heavy atom. The fraction of sp³-hybridized carbons (Fsp3) is 0.615. The fourth-order valence-electron chi connectivity index (χ4n) is 2.34. The number of thiophene rings is 1. The van der Waals surface area contributed by atoms with Gasteiger partial charge in [-0.1, -0.05) is 24.4 Å². The zero-order valence-electron chi connectivity index (χ0n) is 12.4. The molecule has 1 aliphatic carbocycles. The molecule has 22 heavy (non-hydrogen) atoms. The lowest BCUT2D eigenvalue weighted by Crippen LogP contribution is -2.44. The highest BCUT2D eigenvalue weighted by molar-refractivity contribution is 7.91. The van der Waals surface area contributed by atoms with Crippen LogP contribution in [0.1, 0.15) is 25.7 Å². The van der Waals surface area contributed by atoms with Crippen LogP contribution < -0.4 is 15.4 Å². The molecule has 2 rings (SSSR count). The van der Waals surface area contributed by atoms with E-state index in [9.17, 15) is 8.42 Å². The number of halogens is 1. The molecular formula is C13H21ClN4O2S2. The second kappa shape index (κ2) is 8.14. The van der Waals surface area contributed by atoms with Gasteiger partial charge in [-0.2, -0.15) is 0 Å². The fourth-order valence-corrected chi connectivity index (χ4v) is 4.90. The van der Waals surface area contributed by atoms with E-state index in [1.165, 1.54) is 18.9 Å². The van der Waals surface area contributed by atoms with E-state index >= 15 is 0 Å². The lowest BCUT2D eigenvalue weighted by Gasteiger charge is -2.16. The molecule has 0 radical (unpaired) electrons. The highest BCUT2D eigenvalue weighted by Gasteiger charge is 2.17. The molecule has 0 aliphatic heterocycles. The smallest absolute Gasteiger partial charge is 0.250 e. The molecule has 0 unspecified atom stereocenters. The highest BCUT2D eigenvalue weighted by Crippen LogP contribution is 2.25. The van der Waals surface area contributed by atoms with Gasteiger partial charge < -0.3 is 10.6 Å². The molecule has 0 saturated heterocycles. The molecule has 1 aromatic rings. The number of hydrogen-bond donors (Lipinski definition) is 3. The minimum atomic E-state index is -3.48. The van der Waals surface area contributed by atoms with E-state index in [1.807, 2.05) is 0 Å². The van der Waals surface area contributed by atoms with Gasteiger partial charge in [-0.25, -0.2) is 13.1 Å². The number of guanidine groups is 1. The largest absolute Gasteiger partial charge is 0.355 e. The summed E-state index contributed by atoms with van der Waals surface area (Å²) in [5.74, 6) is 0.713. The van der Waals surface area contributed by atoms with Gasteiger partial charge in [0.2, 0.25) is 10.0 Å². The third-order valence-electron chi connectivity index (χ3n) is 3.44. The Kier molecular flexibility index (Phi) is 6.49. The van der Waals surface area contributed by atoms with Gasteiger partial charge in [-0.3, -0.25) is 4.99 Å². The topological polar surface area (TPSA) is 82.6 Å². The first-order valence-electron chi connectivity index (χ1n) is 7.23. The van der Waals surface area contributed by atoms with Crippen LogP contribution in [0, 0.1) is 0 Å². The minimum Gasteiger partial charge on any atom is -0.355 e. The van der Waals surface area contributed by atoms with E-state index in [0.717, 1.165) is 24.2 Å². The number of rotatable bonds is 6. The number of nitrogens with one attached hydrogen (secondary N) is 3. The second-order valence-electron chi connectivity index (χ2n) is 5.08. The molecular weight excluding hydrogens is 344 g/mol. The lowest BCUT2D eigenvalue weighted by molar-refractivity contribution is 0.580. The average molecular weight is 365 g/mol. The summed E-state index contributed by atoms with van der Waals surface area (Å²) in [5, 5.41) is 6.46. The number of sulfonamides is 1. The minimum absolute atomic E-state index is 0.228. The number of aliphatic imine (C=N–C) groups is 1. The maximum atomic E-state index is 12.0. The van der Waals surface area contributed by atoms with Gasteiger partial charge in [-0.15, -0.1) is 11.3 Å². The molecule has 1 aliphatic rings. The standard InChI is InChI=1S/C13H21ClN4O2S2/c1-15-13(18-10-4-2-3-5-10)16-8-9-17-22(19,20)12-7-6-11(14)21-12/h6-7,10,17H,2-5,8-9H2,1H3,(H2,15,16,18). The van der Waals surface area contributed by atoms with Crippen molar-refractivity contribution >= 4 is 38.9 Å². The molecule has 0 aromatic carbocycles. The predicted octanol–water partition coefficient (Wildman–Crippen LogP) is 1.79. The summed E-state index contributed by atoms with van der Waals surface area (Å²) in [6, 6.07) is 3.55. The van der Waals surface area contributed by atoms with Crippen molar-refractivity contribution in [1.29, 1.82) is 0 Å². The Morgan fingerprint density at radius 3 is 2.68 bits per heavy atom. The molecule has 0 amide bonds. The maximum absolute atomic E-state index is 12.0. The normalized spacial score (nSPS) is 16.9. The van der Waals surface area contributed by atoms with Gasteiger partial charge in [0.05, 0.1) is 4.34 Å². The molecule has 0 spiro atoms. The van der Waals surface area contributed by atoms with Crippen LogP contribution in [0.15, 0.2) is 21.3 Å². The van der Waals surface area contributed by atoms with Crippen molar-refractivity contribution in [3.63, 3.8) is 0 Å². The van der Waals surface area contributed by atoms with Crippen molar-refractivity contribution in [3.8, 4) is 0 Å². The molecule has 9 heteroatoms. The van der Waals surface area contributed by atoms with Crippen LogP contribution in [0.3, 0.4) is 0 Å². The number of hydrogen-bond acceptors (Lipinski definition) is 4. The zero-order valence-corrected chi connectivity index (χ0v) is 14.8. The molecule has 6 nitrogen and oxygen atoms in total. The van der Waals surface area contributed by atoms with Crippen molar-refractivity contribution in [1.82, 2.24) is 15.4 Å². The first kappa shape index (κ1) is 17.5. The van der Waals surface area contributed by atoms with Crippen LogP contribution >= 0.6 is 22.9 Å². The summed E-state index contributed by atoms with van der Waals surface area (Å²) in [4.78, 5) is 4.15. The van der Waals surface area contributed by atoms with Crippen LogP contribution in [-0.4, -0.2) is 40.6 Å². The van der Waals surface area contributed by atoms with E-state index in [4.69, 9.17) is 11.6 Å². The van der Waals surface area contributed by atoms with Crippen LogP contribution in [-0.2, 0) is 10.0 Å². The Labute approximate surface area is 140 Å². The summed E-state index contributed by atoms with van der Waals surface area (Å²) < 4.78 is 27.2. The zero-order chi connectivity index (χ0) is 16.0. The van der Waals surface area contributed by atoms with Gasteiger partial charge >= 0.3 is 0 Å². The Hall–Kier alpha value is -0.830. The van der Waals surface area contributed by atoms with Crippen LogP contribution in [0.25, 0.3) is 0 Å². The van der Waals surface area contributed by atoms with Gasteiger partial charge in [0, 0.05) is 26.2 Å². The average Bonchev–Trinajstić information content (AvgIpc) is 3.13. The summed E-state index contributed by atoms with van der Waals surface area (Å²) in [6.45, 7) is 0.744. The van der Waals surface area contributed by atoms with Crippen molar-refractivity contribution in [2.75, 3.05) is 20.1 Å². The lowest BCUT2D eigenvalue weighted by atomic mass is 10.2. The SMILES string of the molecule is CN=C(NCCNS(=O)(=O)c1ccc(Cl)s1)NC1CCCC1. The first-order chi connectivity index (χ1) is 10.5. The summed E-state index contributed by atoms with van der Waals surface area (Å²) >= 11 is 6.80. The van der Waals surface area contributed by atoms with Crippen molar-refractivity contribution < 1.29 is 8.42 Å². The molecule has 0 atom stereocenters. The van der Waals surface area contributed by atoms with Gasteiger partial charge in [0.1, 0.15) is 4.21 Å². The summed E-state index contributed by atoms with van der Waals surface area (Å²) in [5.41, 5.74) is 0. The van der Waals surface area contributed by atoms with Gasteiger partial charge in [0.25, 0.3) is 0 Å². The summed E-state index contributed by atoms with van der Waals surface area (Å²) in [7, 11) is -1.77. The van der Waals surface area contributed by atoms with Crippen molar-refractivity contribution in [2.24, 2.45) is 4.99 Å². The molecule has 1 heterocycles. The van der Waals surface area contributed by atoms with Crippen molar-refractivity contribution in [3.05, 3.63) is 16.5 Å². The molecule has 124 valence electrons. The Bertz CT molecular complexity index is 609. The van der Waals surface area contributed by atoms with Gasteiger partial charge in [0.15, 0.2) is 5.96 Å². The molecule has 0 bridgehead atoms. The molecule has 1 aromatic heterocycles. The first-order valence-corrected chi connectivity index (χ1v) is 9.91. The van der Waals surface area contributed by atoms with E-state index in [1.54, 1.807) is 13.1 Å². The number of nitrogens with zero attached hydrogens (tertiary/aromatic N) is 1. The molecule has 1 fully saturated rings. The predicted molar refractivity (Wildman–Crippen MR) is 91.3 cm³/mol. The van der Waals surface area contributed by atoms with E-state index in [2.05, 4.69) is 20.3 Å². The molecule has 3 N–H and O–H groups in total. The monoisotopic (exact) mass is 364 g/mol. The molecule has 1 saturated carbocycles. The quantitative estimate of drug-likeness (QED) is 0.408. The van der Waals surface area contributed by atoms with Gasteiger partial charge in [-0.05, 0) is 25.0 Å². The van der Waals surface area contributed by atoms with E-state index in [0.29, 0.717) is 22.9 Å². The summed E-state index contributed by atoms with van der Waals surface area (Å²) in [6.07, 6.45) is 4.81. The van der Waals surface area contributed by atoms with E-state index < -0.39 is 10.0 Å². The van der Waals surface area contributed by atoms with Crippen LogP contribution in [0.4, 0.5) is 0 Å². The highest BCUT2D eigenvalue weighted by atomic mass is 35.5.